The number of ketones is 1. The van der Waals surface area contributed by atoms with Gasteiger partial charge in [0.05, 0.1) is 11.6 Å². The molecule has 0 aromatic heterocycles. The number of halogens is 1. The average Bonchev–Trinajstić information content (AvgIpc) is 2.97. The first kappa shape index (κ1) is 20.9. The van der Waals surface area contributed by atoms with Gasteiger partial charge in [-0.15, -0.1) is 0 Å². The number of aliphatic hydroxyl groups is 1. The summed E-state index contributed by atoms with van der Waals surface area (Å²) in [5.41, 5.74) is 2.38. The highest BCUT2D eigenvalue weighted by molar-refractivity contribution is 6.46. The molecule has 6 heteroatoms. The van der Waals surface area contributed by atoms with E-state index in [2.05, 4.69) is 0 Å². The number of anilines is 1. The zero-order chi connectivity index (χ0) is 21.1. The van der Waals surface area contributed by atoms with E-state index in [4.69, 9.17) is 11.6 Å². The van der Waals surface area contributed by atoms with Crippen LogP contribution in [0.4, 0.5) is 5.69 Å². The second kappa shape index (κ2) is 8.70. The second-order valence-electron chi connectivity index (χ2n) is 7.34. The number of carbonyl (C=O) groups is 2. The third kappa shape index (κ3) is 4.15. The summed E-state index contributed by atoms with van der Waals surface area (Å²) in [6.45, 7) is 2.49. The third-order valence-electron chi connectivity index (χ3n) is 5.14. The molecule has 1 aliphatic rings. The number of rotatable bonds is 6. The van der Waals surface area contributed by atoms with Crippen molar-refractivity contribution in [1.82, 2.24) is 4.90 Å². The quantitative estimate of drug-likeness (QED) is 0.427. The standard InChI is InChI=1S/C23H25ClN2O3/c1-4-5-14-26-20(15-8-12-18(13-9-15)25(2)3)19(22(28)23(26)29)21(27)16-6-10-17(24)11-7-16/h6-13,20,27H,4-5,14H2,1-3H3/b21-19+. The lowest BCUT2D eigenvalue weighted by molar-refractivity contribution is -0.139. The number of Topliss-reactive ketones (excluding diaryl/α,β-unsaturated/α-hetero) is 1. The summed E-state index contributed by atoms with van der Waals surface area (Å²) in [7, 11) is 3.89. The number of amides is 1. The van der Waals surface area contributed by atoms with Crippen molar-refractivity contribution in [3.63, 3.8) is 0 Å². The Kier molecular flexibility index (Phi) is 6.28. The van der Waals surface area contributed by atoms with Crippen LogP contribution < -0.4 is 4.90 Å². The Bertz CT molecular complexity index is 934. The van der Waals surface area contributed by atoms with Crippen LogP contribution in [-0.2, 0) is 9.59 Å². The summed E-state index contributed by atoms with van der Waals surface area (Å²) in [6.07, 6.45) is 1.67. The smallest absolute Gasteiger partial charge is 0.295 e. The number of unbranched alkanes of at least 4 members (excludes halogenated alkanes) is 1. The first-order chi connectivity index (χ1) is 13.8. The van der Waals surface area contributed by atoms with Gasteiger partial charge in [0.15, 0.2) is 0 Å². The van der Waals surface area contributed by atoms with Crippen LogP contribution >= 0.6 is 11.6 Å². The number of hydrogen-bond donors (Lipinski definition) is 1. The monoisotopic (exact) mass is 412 g/mol. The van der Waals surface area contributed by atoms with Crippen molar-refractivity contribution >= 4 is 34.7 Å². The lowest BCUT2D eigenvalue weighted by Crippen LogP contribution is -2.30. The molecule has 1 unspecified atom stereocenters. The Morgan fingerprint density at radius 1 is 1.07 bits per heavy atom. The average molecular weight is 413 g/mol. The maximum atomic E-state index is 12.9. The molecule has 0 bridgehead atoms. The van der Waals surface area contributed by atoms with E-state index in [1.165, 1.54) is 0 Å². The number of likely N-dealkylation sites (tertiary alicyclic amines) is 1. The lowest BCUT2D eigenvalue weighted by atomic mass is 9.95. The third-order valence-corrected chi connectivity index (χ3v) is 5.39. The Hall–Kier alpha value is -2.79. The molecule has 2 aromatic carbocycles. The van der Waals surface area contributed by atoms with E-state index in [1.807, 2.05) is 50.2 Å². The number of nitrogens with zero attached hydrogens (tertiary/aromatic N) is 2. The molecule has 1 atom stereocenters. The van der Waals surface area contributed by atoms with Crippen molar-refractivity contribution in [2.24, 2.45) is 0 Å². The van der Waals surface area contributed by atoms with Crippen LogP contribution in [0.5, 0.6) is 0 Å². The maximum absolute atomic E-state index is 12.9. The van der Waals surface area contributed by atoms with Crippen LogP contribution in [0.2, 0.25) is 5.02 Å². The molecule has 152 valence electrons. The summed E-state index contributed by atoms with van der Waals surface area (Å²) in [4.78, 5) is 29.2. The van der Waals surface area contributed by atoms with Gasteiger partial charge in [-0.1, -0.05) is 37.1 Å². The van der Waals surface area contributed by atoms with E-state index in [9.17, 15) is 14.7 Å². The van der Waals surface area contributed by atoms with E-state index in [1.54, 1.807) is 29.2 Å². The van der Waals surface area contributed by atoms with Gasteiger partial charge in [-0.3, -0.25) is 9.59 Å². The number of hydrogen-bond acceptors (Lipinski definition) is 4. The number of benzene rings is 2. The second-order valence-corrected chi connectivity index (χ2v) is 7.78. The molecular formula is C23H25ClN2O3. The molecule has 5 nitrogen and oxygen atoms in total. The van der Waals surface area contributed by atoms with Gasteiger partial charge in [-0.25, -0.2) is 0 Å². The first-order valence-electron chi connectivity index (χ1n) is 9.66. The molecule has 1 amide bonds. The van der Waals surface area contributed by atoms with Crippen molar-refractivity contribution in [1.29, 1.82) is 0 Å². The molecule has 1 saturated heterocycles. The van der Waals surface area contributed by atoms with Crippen LogP contribution in [0.1, 0.15) is 36.9 Å². The fourth-order valence-corrected chi connectivity index (χ4v) is 3.63. The number of carbonyl (C=O) groups excluding carboxylic acids is 2. The van der Waals surface area contributed by atoms with Crippen LogP contribution in [0, 0.1) is 0 Å². The Morgan fingerprint density at radius 3 is 2.24 bits per heavy atom. The van der Waals surface area contributed by atoms with Gasteiger partial charge in [-0.05, 0) is 48.4 Å². The molecule has 0 radical (unpaired) electrons. The summed E-state index contributed by atoms with van der Waals surface area (Å²) < 4.78 is 0. The minimum Gasteiger partial charge on any atom is -0.507 e. The van der Waals surface area contributed by atoms with E-state index >= 15 is 0 Å². The minimum absolute atomic E-state index is 0.117. The zero-order valence-corrected chi connectivity index (χ0v) is 17.6. The zero-order valence-electron chi connectivity index (χ0n) is 16.9. The van der Waals surface area contributed by atoms with Crippen molar-refractivity contribution in [2.75, 3.05) is 25.5 Å². The lowest BCUT2D eigenvalue weighted by Gasteiger charge is -2.25. The van der Waals surface area contributed by atoms with E-state index in [0.29, 0.717) is 17.1 Å². The predicted octanol–water partition coefficient (Wildman–Crippen LogP) is 4.63. The van der Waals surface area contributed by atoms with Gasteiger partial charge in [0.2, 0.25) is 0 Å². The summed E-state index contributed by atoms with van der Waals surface area (Å²) >= 11 is 5.94. The van der Waals surface area contributed by atoms with Gasteiger partial charge < -0.3 is 14.9 Å². The highest BCUT2D eigenvalue weighted by atomic mass is 35.5. The van der Waals surface area contributed by atoms with Crippen LogP contribution in [0.25, 0.3) is 5.76 Å². The van der Waals surface area contributed by atoms with Crippen molar-refractivity contribution in [2.45, 2.75) is 25.8 Å². The van der Waals surface area contributed by atoms with Crippen LogP contribution in [0.3, 0.4) is 0 Å². The summed E-state index contributed by atoms with van der Waals surface area (Å²) in [5.74, 6) is -1.41. The van der Waals surface area contributed by atoms with Crippen LogP contribution in [-0.4, -0.2) is 42.3 Å². The SMILES string of the molecule is CCCCN1C(=O)C(=O)/C(=C(/O)c2ccc(Cl)cc2)C1c1ccc(N(C)C)cc1. The molecule has 0 saturated carbocycles. The first-order valence-corrected chi connectivity index (χ1v) is 10.0. The topological polar surface area (TPSA) is 60.9 Å². The molecule has 29 heavy (non-hydrogen) atoms. The summed E-state index contributed by atoms with van der Waals surface area (Å²) in [6, 6.07) is 13.6. The fraction of sp³-hybridized carbons (Fsp3) is 0.304. The van der Waals surface area contributed by atoms with Gasteiger partial charge in [0, 0.05) is 36.9 Å². The Labute approximate surface area is 176 Å². The molecule has 0 aliphatic carbocycles. The van der Waals surface area contributed by atoms with Crippen molar-refractivity contribution in [3.05, 3.63) is 70.3 Å². The Morgan fingerprint density at radius 2 is 1.69 bits per heavy atom. The highest BCUT2D eigenvalue weighted by Crippen LogP contribution is 2.40. The van der Waals surface area contributed by atoms with Gasteiger partial charge >= 0.3 is 0 Å². The van der Waals surface area contributed by atoms with Gasteiger partial charge in [0.1, 0.15) is 5.76 Å². The summed E-state index contributed by atoms with van der Waals surface area (Å²) in [5, 5.41) is 11.5. The van der Waals surface area contributed by atoms with Crippen LogP contribution in [0.15, 0.2) is 54.1 Å². The van der Waals surface area contributed by atoms with E-state index < -0.39 is 17.7 Å². The molecule has 1 fully saturated rings. The molecule has 3 rings (SSSR count). The van der Waals surface area contributed by atoms with E-state index in [0.717, 1.165) is 24.1 Å². The van der Waals surface area contributed by atoms with Gasteiger partial charge in [-0.2, -0.15) is 0 Å². The molecule has 1 N–H and O–H groups in total. The molecule has 1 aliphatic heterocycles. The van der Waals surface area contributed by atoms with E-state index in [-0.39, 0.29) is 11.3 Å². The number of aliphatic hydroxyl groups excluding tert-OH is 1. The largest absolute Gasteiger partial charge is 0.507 e. The Balaban J connectivity index is 2.13. The van der Waals surface area contributed by atoms with Crippen molar-refractivity contribution < 1.29 is 14.7 Å². The fourth-order valence-electron chi connectivity index (χ4n) is 3.50. The molecule has 1 heterocycles. The van der Waals surface area contributed by atoms with Gasteiger partial charge in [0.25, 0.3) is 11.7 Å². The molecule has 0 spiro atoms. The van der Waals surface area contributed by atoms with Crippen molar-refractivity contribution in [3.8, 4) is 0 Å². The minimum atomic E-state index is -0.657. The maximum Gasteiger partial charge on any atom is 0.295 e. The highest BCUT2D eigenvalue weighted by Gasteiger charge is 2.45. The normalized spacial score (nSPS) is 18.3. The molecular weight excluding hydrogens is 388 g/mol. The predicted molar refractivity (Wildman–Crippen MR) is 116 cm³/mol. The molecule has 2 aromatic rings.